The van der Waals surface area contributed by atoms with Gasteiger partial charge in [-0.1, -0.05) is 18.2 Å². The highest BCUT2D eigenvalue weighted by molar-refractivity contribution is 5.85. The molecule has 2 aromatic heterocycles. The van der Waals surface area contributed by atoms with Crippen LogP contribution in [0.25, 0.3) is 10.9 Å². The molecular weight excluding hydrogens is 266 g/mol. The summed E-state index contributed by atoms with van der Waals surface area (Å²) in [5.41, 5.74) is 2.02. The molecule has 1 atom stereocenters. The molecule has 0 fully saturated rings. The molecule has 0 aliphatic heterocycles. The Balaban J connectivity index is 2.10. The van der Waals surface area contributed by atoms with Gasteiger partial charge in [-0.25, -0.2) is 0 Å². The molecule has 0 aliphatic carbocycles. The van der Waals surface area contributed by atoms with E-state index in [1.54, 1.807) is 19.1 Å². The first-order valence-corrected chi connectivity index (χ1v) is 6.79. The van der Waals surface area contributed by atoms with Gasteiger partial charge in [-0.3, -0.25) is 9.59 Å². The smallest absolute Gasteiger partial charge is 0.185 e. The number of hydrogen-bond acceptors (Lipinski definition) is 3. The molecule has 4 nitrogen and oxygen atoms in total. The van der Waals surface area contributed by atoms with Crippen LogP contribution in [0.15, 0.2) is 47.0 Å². The second-order valence-corrected chi connectivity index (χ2v) is 5.11. The molecule has 0 unspecified atom stereocenters. The average Bonchev–Trinajstić information content (AvgIpc) is 3.11. The third kappa shape index (κ3) is 2.52. The van der Waals surface area contributed by atoms with Gasteiger partial charge in [0.05, 0.1) is 5.92 Å². The number of carbonyl (C=O) groups is 2. The van der Waals surface area contributed by atoms with E-state index in [4.69, 9.17) is 4.42 Å². The van der Waals surface area contributed by atoms with Crippen molar-refractivity contribution in [1.82, 2.24) is 4.98 Å². The van der Waals surface area contributed by atoms with Crippen LogP contribution in [0.4, 0.5) is 0 Å². The minimum Gasteiger partial charge on any atom is -0.458 e. The largest absolute Gasteiger partial charge is 0.458 e. The average molecular weight is 281 g/mol. The van der Waals surface area contributed by atoms with E-state index < -0.39 is 0 Å². The monoisotopic (exact) mass is 281 g/mol. The number of aromatic amines is 1. The van der Waals surface area contributed by atoms with Crippen LogP contribution in [-0.2, 0) is 4.79 Å². The van der Waals surface area contributed by atoms with E-state index >= 15 is 0 Å². The molecule has 4 heteroatoms. The van der Waals surface area contributed by atoms with Gasteiger partial charge in [-0.15, -0.1) is 0 Å². The summed E-state index contributed by atoms with van der Waals surface area (Å²) >= 11 is 0. The number of Topliss-reactive ketones (excluding diaryl/α,β-unsaturated/α-hetero) is 1. The first-order valence-electron chi connectivity index (χ1n) is 6.79. The number of H-pyrrole nitrogens is 1. The fourth-order valence-corrected chi connectivity index (χ4v) is 2.65. The zero-order valence-corrected chi connectivity index (χ0v) is 11.6. The maximum Gasteiger partial charge on any atom is 0.185 e. The van der Waals surface area contributed by atoms with Gasteiger partial charge < -0.3 is 9.40 Å². The van der Waals surface area contributed by atoms with Gasteiger partial charge in [-0.05, 0) is 30.7 Å². The number of aldehydes is 1. The highest BCUT2D eigenvalue weighted by atomic mass is 16.3. The zero-order chi connectivity index (χ0) is 14.8. The number of hydrogen-bond donors (Lipinski definition) is 1. The summed E-state index contributed by atoms with van der Waals surface area (Å²) in [7, 11) is 0. The fraction of sp³-hybridized carbons (Fsp3) is 0.176. The number of furan rings is 1. The molecule has 1 aromatic carbocycles. The Labute approximate surface area is 121 Å². The van der Waals surface area contributed by atoms with Gasteiger partial charge in [0.1, 0.15) is 11.5 Å². The number of benzene rings is 1. The number of nitrogens with one attached hydrogen (secondary N) is 1. The molecular formula is C17H15NO3. The lowest BCUT2D eigenvalue weighted by Gasteiger charge is -2.12. The summed E-state index contributed by atoms with van der Waals surface area (Å²) in [5.74, 6) is 0.803. The molecule has 3 aromatic rings. The van der Waals surface area contributed by atoms with Gasteiger partial charge in [0.15, 0.2) is 12.0 Å². The lowest BCUT2D eigenvalue weighted by atomic mass is 9.91. The maximum atomic E-state index is 11.6. The van der Waals surface area contributed by atoms with E-state index in [0.717, 1.165) is 16.5 Å². The Kier molecular flexibility index (Phi) is 3.44. The molecule has 0 aliphatic rings. The van der Waals surface area contributed by atoms with E-state index in [1.165, 1.54) is 0 Å². The molecule has 0 bridgehead atoms. The van der Waals surface area contributed by atoms with Crippen molar-refractivity contribution in [1.29, 1.82) is 0 Å². The molecule has 3 rings (SSSR count). The van der Waals surface area contributed by atoms with Gasteiger partial charge in [0.2, 0.25) is 0 Å². The Morgan fingerprint density at radius 3 is 2.81 bits per heavy atom. The van der Waals surface area contributed by atoms with Gasteiger partial charge in [0.25, 0.3) is 0 Å². The Hall–Kier alpha value is -2.62. The van der Waals surface area contributed by atoms with E-state index in [0.29, 0.717) is 18.5 Å². The standard InChI is InChI=1S/C17H15NO3/c1-11(20)8-14(17-7-6-12(10-19)21-17)15-9-18-16-5-3-2-4-13(15)16/h2-7,9-10,14,18H,8H2,1H3/t14-/m1/s1. The third-order valence-corrected chi connectivity index (χ3v) is 3.60. The zero-order valence-electron chi connectivity index (χ0n) is 11.6. The summed E-state index contributed by atoms with van der Waals surface area (Å²) in [6.07, 6.45) is 2.92. The van der Waals surface area contributed by atoms with Crippen LogP contribution in [0.3, 0.4) is 0 Å². The molecule has 1 N–H and O–H groups in total. The predicted octanol–water partition coefficient (Wildman–Crippen LogP) is 3.68. The van der Waals surface area contributed by atoms with Crippen LogP contribution < -0.4 is 0 Å². The molecule has 2 heterocycles. The minimum absolute atomic E-state index is 0.0781. The normalized spacial score (nSPS) is 12.4. The van der Waals surface area contributed by atoms with E-state index in [2.05, 4.69) is 4.98 Å². The molecule has 0 amide bonds. The topological polar surface area (TPSA) is 63.1 Å². The minimum atomic E-state index is -0.188. The van der Waals surface area contributed by atoms with Crippen LogP contribution in [-0.4, -0.2) is 17.1 Å². The first-order chi connectivity index (χ1) is 10.2. The summed E-state index contributed by atoms with van der Waals surface area (Å²) in [6, 6.07) is 11.3. The summed E-state index contributed by atoms with van der Waals surface area (Å²) in [5, 5.41) is 1.06. The molecule has 0 radical (unpaired) electrons. The van der Waals surface area contributed by atoms with Crippen molar-refractivity contribution in [2.45, 2.75) is 19.3 Å². The first kappa shape index (κ1) is 13.4. The van der Waals surface area contributed by atoms with E-state index in [1.807, 2.05) is 30.5 Å². The van der Waals surface area contributed by atoms with Crippen molar-refractivity contribution in [2.75, 3.05) is 0 Å². The second kappa shape index (κ2) is 5.40. The summed E-state index contributed by atoms with van der Waals surface area (Å²) < 4.78 is 5.53. The van der Waals surface area contributed by atoms with E-state index in [-0.39, 0.29) is 17.5 Å². The number of carbonyl (C=O) groups excluding carboxylic acids is 2. The molecule has 106 valence electrons. The summed E-state index contributed by atoms with van der Waals surface area (Å²) in [4.78, 5) is 25.6. The summed E-state index contributed by atoms with van der Waals surface area (Å²) in [6.45, 7) is 1.56. The number of ketones is 1. The predicted molar refractivity (Wildman–Crippen MR) is 79.5 cm³/mol. The van der Waals surface area contributed by atoms with Crippen molar-refractivity contribution < 1.29 is 14.0 Å². The van der Waals surface area contributed by atoms with Crippen LogP contribution >= 0.6 is 0 Å². The molecule has 21 heavy (non-hydrogen) atoms. The van der Waals surface area contributed by atoms with Crippen molar-refractivity contribution >= 4 is 23.0 Å². The lowest BCUT2D eigenvalue weighted by Crippen LogP contribution is -2.05. The Morgan fingerprint density at radius 1 is 1.29 bits per heavy atom. The second-order valence-electron chi connectivity index (χ2n) is 5.11. The SMILES string of the molecule is CC(=O)C[C@@H](c1ccc(C=O)o1)c1c[nH]c2ccccc12. The van der Waals surface area contributed by atoms with Crippen molar-refractivity contribution in [2.24, 2.45) is 0 Å². The van der Waals surface area contributed by atoms with Crippen LogP contribution in [0.5, 0.6) is 0 Å². The van der Waals surface area contributed by atoms with Gasteiger partial charge in [-0.2, -0.15) is 0 Å². The number of para-hydroxylation sites is 1. The lowest BCUT2D eigenvalue weighted by molar-refractivity contribution is -0.117. The highest BCUT2D eigenvalue weighted by Crippen LogP contribution is 2.34. The van der Waals surface area contributed by atoms with E-state index in [9.17, 15) is 9.59 Å². The Morgan fingerprint density at radius 2 is 2.10 bits per heavy atom. The fourth-order valence-electron chi connectivity index (χ4n) is 2.65. The molecule has 0 saturated carbocycles. The maximum absolute atomic E-state index is 11.6. The number of aromatic nitrogens is 1. The van der Waals surface area contributed by atoms with Crippen LogP contribution in [0.1, 0.15) is 41.1 Å². The van der Waals surface area contributed by atoms with Crippen molar-refractivity contribution in [3.63, 3.8) is 0 Å². The van der Waals surface area contributed by atoms with Crippen LogP contribution in [0.2, 0.25) is 0 Å². The van der Waals surface area contributed by atoms with Crippen molar-refractivity contribution in [3.05, 3.63) is 59.7 Å². The van der Waals surface area contributed by atoms with Crippen LogP contribution in [0, 0.1) is 0 Å². The number of fused-ring (bicyclic) bond motifs is 1. The third-order valence-electron chi connectivity index (χ3n) is 3.60. The van der Waals surface area contributed by atoms with Gasteiger partial charge >= 0.3 is 0 Å². The molecule has 0 spiro atoms. The quantitative estimate of drug-likeness (QED) is 0.725. The highest BCUT2D eigenvalue weighted by Gasteiger charge is 2.22. The van der Waals surface area contributed by atoms with Crippen molar-refractivity contribution in [3.8, 4) is 0 Å². The van der Waals surface area contributed by atoms with Gasteiger partial charge in [0, 0.05) is 23.5 Å². The number of rotatable bonds is 5. The molecule has 0 saturated heterocycles. The Bertz CT molecular complexity index is 797.